The Morgan fingerprint density at radius 2 is 2.20 bits per heavy atom. The first kappa shape index (κ1) is 17.4. The van der Waals surface area contributed by atoms with E-state index < -0.39 is 18.0 Å². The Morgan fingerprint density at radius 3 is 2.88 bits per heavy atom. The van der Waals surface area contributed by atoms with Crippen LogP contribution in [0, 0.1) is 17.1 Å². The van der Waals surface area contributed by atoms with E-state index in [1.54, 1.807) is 4.90 Å². The Balaban J connectivity index is 2.03. The van der Waals surface area contributed by atoms with Crippen molar-refractivity contribution in [2.24, 2.45) is 0 Å². The Kier molecular flexibility index (Phi) is 4.74. The van der Waals surface area contributed by atoms with Gasteiger partial charge in [0.25, 0.3) is 0 Å². The number of pyridine rings is 1. The summed E-state index contributed by atoms with van der Waals surface area (Å²) >= 11 is 11.6. The smallest absolute Gasteiger partial charge is 0.407 e. The second-order valence-corrected chi connectivity index (χ2v) is 6.08. The van der Waals surface area contributed by atoms with E-state index in [9.17, 15) is 14.3 Å². The summed E-state index contributed by atoms with van der Waals surface area (Å²) in [6.07, 6.45) is 0.276. The van der Waals surface area contributed by atoms with Crippen molar-refractivity contribution in [2.45, 2.75) is 12.5 Å². The summed E-state index contributed by atoms with van der Waals surface area (Å²) in [5.74, 6) is -0.478. The highest BCUT2D eigenvalue weighted by Gasteiger charge is 2.32. The normalized spacial score (nSPS) is 17.6. The Hall–Kier alpha value is -2.44. The van der Waals surface area contributed by atoms with Crippen LogP contribution in [0.5, 0.6) is 0 Å². The molecular weight excluding hydrogens is 374 g/mol. The first-order chi connectivity index (χ1) is 11.9. The lowest BCUT2D eigenvalue weighted by molar-refractivity contribution is 0.119. The van der Waals surface area contributed by atoms with E-state index in [1.807, 2.05) is 6.07 Å². The lowest BCUT2D eigenvalue weighted by Crippen LogP contribution is -2.55. The molecule has 1 aliphatic rings. The summed E-state index contributed by atoms with van der Waals surface area (Å²) in [4.78, 5) is 26.0. The number of piperazine rings is 1. The fraction of sp³-hybridized carbons (Fsp3) is 0.357. The van der Waals surface area contributed by atoms with E-state index in [-0.39, 0.29) is 35.5 Å². The van der Waals surface area contributed by atoms with Crippen LogP contribution in [0.15, 0.2) is 6.20 Å². The predicted molar refractivity (Wildman–Crippen MR) is 88.3 cm³/mol. The van der Waals surface area contributed by atoms with E-state index in [4.69, 9.17) is 28.5 Å². The van der Waals surface area contributed by atoms with Gasteiger partial charge in [-0.2, -0.15) is 10.2 Å². The van der Waals surface area contributed by atoms with Gasteiger partial charge in [0, 0.05) is 25.8 Å². The molecular formula is C14H11Cl2FN6O2. The van der Waals surface area contributed by atoms with E-state index >= 15 is 0 Å². The number of amides is 1. The molecule has 25 heavy (non-hydrogen) atoms. The number of anilines is 1. The molecule has 1 unspecified atom stereocenters. The third-order valence-corrected chi connectivity index (χ3v) is 4.38. The second kappa shape index (κ2) is 6.82. The molecule has 1 saturated heterocycles. The van der Waals surface area contributed by atoms with Crippen molar-refractivity contribution in [3.63, 3.8) is 0 Å². The fourth-order valence-electron chi connectivity index (χ4n) is 2.81. The van der Waals surface area contributed by atoms with Gasteiger partial charge in [-0.15, -0.1) is 0 Å². The Bertz CT molecular complexity index is 890. The topological polar surface area (TPSA) is 106 Å². The SMILES string of the molecule is N#CCC1CN(c2nc(Cl)nc3c(F)c(Cl)ncc23)CCN1C(=O)O. The van der Waals surface area contributed by atoms with Crippen LogP contribution in [0.25, 0.3) is 10.9 Å². The van der Waals surface area contributed by atoms with E-state index in [0.717, 1.165) is 0 Å². The van der Waals surface area contributed by atoms with Crippen molar-refractivity contribution in [3.05, 3.63) is 22.5 Å². The molecule has 0 aliphatic carbocycles. The first-order valence-corrected chi connectivity index (χ1v) is 7.96. The zero-order chi connectivity index (χ0) is 18.1. The number of halogens is 3. The highest BCUT2D eigenvalue weighted by atomic mass is 35.5. The zero-order valence-electron chi connectivity index (χ0n) is 12.7. The number of rotatable bonds is 2. The quantitative estimate of drug-likeness (QED) is 0.626. The molecule has 8 nitrogen and oxygen atoms in total. The van der Waals surface area contributed by atoms with Crippen molar-refractivity contribution in [3.8, 4) is 6.07 Å². The largest absolute Gasteiger partial charge is 0.465 e. The van der Waals surface area contributed by atoms with E-state index in [2.05, 4.69) is 15.0 Å². The van der Waals surface area contributed by atoms with Crippen LogP contribution in [0.2, 0.25) is 10.4 Å². The number of hydrogen-bond acceptors (Lipinski definition) is 6. The molecule has 11 heteroatoms. The van der Waals surface area contributed by atoms with Crippen molar-refractivity contribution >= 4 is 46.0 Å². The molecule has 1 amide bonds. The maximum absolute atomic E-state index is 14.2. The maximum atomic E-state index is 14.2. The van der Waals surface area contributed by atoms with Gasteiger partial charge < -0.3 is 14.9 Å². The monoisotopic (exact) mass is 384 g/mol. The molecule has 3 heterocycles. The molecule has 3 rings (SSSR count). The summed E-state index contributed by atoms with van der Waals surface area (Å²) in [5, 5.41) is 18.0. The van der Waals surface area contributed by atoms with Gasteiger partial charge in [-0.1, -0.05) is 11.6 Å². The highest BCUT2D eigenvalue weighted by molar-refractivity contribution is 6.30. The molecule has 1 N–H and O–H groups in total. The van der Waals surface area contributed by atoms with Crippen LogP contribution in [-0.2, 0) is 0 Å². The van der Waals surface area contributed by atoms with Crippen LogP contribution in [0.1, 0.15) is 6.42 Å². The summed E-state index contributed by atoms with van der Waals surface area (Å²) in [6, 6.07) is 1.44. The Morgan fingerprint density at radius 1 is 1.44 bits per heavy atom. The van der Waals surface area contributed by atoms with Crippen LogP contribution in [0.4, 0.5) is 15.0 Å². The van der Waals surface area contributed by atoms with Gasteiger partial charge in [-0.25, -0.2) is 19.2 Å². The van der Waals surface area contributed by atoms with Crippen molar-refractivity contribution in [2.75, 3.05) is 24.5 Å². The first-order valence-electron chi connectivity index (χ1n) is 7.21. The molecule has 0 radical (unpaired) electrons. The fourth-order valence-corrected chi connectivity index (χ4v) is 3.12. The molecule has 2 aromatic heterocycles. The third-order valence-electron chi connectivity index (χ3n) is 3.95. The molecule has 2 aromatic rings. The maximum Gasteiger partial charge on any atom is 0.407 e. The van der Waals surface area contributed by atoms with Crippen molar-refractivity contribution < 1.29 is 14.3 Å². The van der Waals surface area contributed by atoms with Crippen LogP contribution in [0.3, 0.4) is 0 Å². The standard InChI is InChI=1S/C14H11Cl2FN6O2/c15-11-9(17)10-8(5-19-11)12(21-13(16)20-10)22-3-4-23(14(24)25)7(6-22)1-2-18/h5,7H,1,3-4,6H2,(H,24,25). The van der Waals surface area contributed by atoms with Gasteiger partial charge in [-0.3, -0.25) is 0 Å². The minimum Gasteiger partial charge on any atom is -0.465 e. The third kappa shape index (κ3) is 3.23. The average Bonchev–Trinajstić information content (AvgIpc) is 2.58. The van der Waals surface area contributed by atoms with Gasteiger partial charge in [0.1, 0.15) is 11.3 Å². The lowest BCUT2D eigenvalue weighted by atomic mass is 10.1. The van der Waals surface area contributed by atoms with Crippen molar-refractivity contribution in [1.82, 2.24) is 19.9 Å². The number of hydrogen-bond donors (Lipinski definition) is 1. The summed E-state index contributed by atoms with van der Waals surface area (Å²) in [5.41, 5.74) is -0.0625. The number of nitriles is 1. The molecule has 0 saturated carbocycles. The molecule has 130 valence electrons. The molecule has 0 aromatic carbocycles. The minimum absolute atomic E-state index is 0.0258. The van der Waals surface area contributed by atoms with Crippen LogP contribution in [-0.4, -0.2) is 56.7 Å². The highest BCUT2D eigenvalue weighted by Crippen LogP contribution is 2.30. The van der Waals surface area contributed by atoms with E-state index in [0.29, 0.717) is 17.7 Å². The number of carbonyl (C=O) groups is 1. The summed E-state index contributed by atoms with van der Waals surface area (Å²) < 4.78 is 14.2. The predicted octanol–water partition coefficient (Wildman–Crippen LogP) is 2.55. The average molecular weight is 385 g/mol. The van der Waals surface area contributed by atoms with Gasteiger partial charge in [0.2, 0.25) is 5.28 Å². The Labute approximate surface area is 151 Å². The number of nitrogens with zero attached hydrogens (tertiary/aromatic N) is 6. The molecule has 1 fully saturated rings. The van der Waals surface area contributed by atoms with Gasteiger partial charge in [0.05, 0.1) is 23.9 Å². The summed E-state index contributed by atoms with van der Waals surface area (Å²) in [7, 11) is 0. The second-order valence-electron chi connectivity index (χ2n) is 5.38. The molecule has 0 bridgehead atoms. The number of carboxylic acid groups (broad SMARTS) is 1. The molecule has 0 spiro atoms. The van der Waals surface area contributed by atoms with Gasteiger partial charge in [0.15, 0.2) is 11.0 Å². The van der Waals surface area contributed by atoms with Gasteiger partial charge in [-0.05, 0) is 11.6 Å². The lowest BCUT2D eigenvalue weighted by Gasteiger charge is -2.39. The van der Waals surface area contributed by atoms with Crippen molar-refractivity contribution in [1.29, 1.82) is 5.26 Å². The number of aromatic nitrogens is 3. The minimum atomic E-state index is -1.09. The van der Waals surface area contributed by atoms with E-state index in [1.165, 1.54) is 11.1 Å². The van der Waals surface area contributed by atoms with Gasteiger partial charge >= 0.3 is 6.09 Å². The van der Waals surface area contributed by atoms with Crippen LogP contribution >= 0.6 is 23.2 Å². The zero-order valence-corrected chi connectivity index (χ0v) is 14.2. The number of fused-ring (bicyclic) bond motifs is 1. The molecule has 1 atom stereocenters. The molecule has 1 aliphatic heterocycles. The van der Waals surface area contributed by atoms with Crippen LogP contribution < -0.4 is 4.90 Å². The summed E-state index contributed by atoms with van der Waals surface area (Å²) in [6.45, 7) is 0.696.